The Hall–Kier alpha value is -6.16. The Morgan fingerprint density at radius 3 is 1.96 bits per heavy atom. The van der Waals surface area contributed by atoms with E-state index in [1.54, 1.807) is 0 Å². The van der Waals surface area contributed by atoms with Gasteiger partial charge in [0.25, 0.3) is 0 Å². The summed E-state index contributed by atoms with van der Waals surface area (Å²) in [6.07, 6.45) is 7.01. The molecule has 7 aromatic carbocycles. The molecule has 0 fully saturated rings. The maximum Gasteiger partial charge on any atom is 0.0541 e. The Bertz CT molecular complexity index is 3140. The van der Waals surface area contributed by atoms with Crippen LogP contribution in [-0.2, 0) is 0 Å². The van der Waals surface area contributed by atoms with Crippen LogP contribution < -0.4 is 10.6 Å². The topological polar surface area (TPSA) is 9.86 Å². The normalized spacial score (nSPS) is 12.9. The first kappa shape index (κ1) is 28.7. The van der Waals surface area contributed by atoms with Gasteiger partial charge in [0.1, 0.15) is 0 Å². The molecule has 240 valence electrons. The Morgan fingerprint density at radius 1 is 0.412 bits per heavy atom. The Balaban J connectivity index is 1.09. The molecule has 1 aliphatic rings. The lowest BCUT2D eigenvalue weighted by Gasteiger charge is -2.14. The molecule has 0 unspecified atom stereocenters. The summed E-state index contributed by atoms with van der Waals surface area (Å²) in [6.45, 7) is 0. The molecule has 3 heteroatoms. The van der Waals surface area contributed by atoms with Gasteiger partial charge in [0.05, 0.1) is 22.2 Å². The molecule has 1 aliphatic carbocycles. The van der Waals surface area contributed by atoms with Crippen LogP contribution in [0.4, 0.5) is 0 Å². The summed E-state index contributed by atoms with van der Waals surface area (Å²) in [6, 6.07) is 58.1. The summed E-state index contributed by atoms with van der Waals surface area (Å²) in [5.41, 5.74) is 11.0. The van der Waals surface area contributed by atoms with Crippen molar-refractivity contribution in [3.8, 4) is 33.6 Å². The fourth-order valence-electron chi connectivity index (χ4n) is 8.45. The monoisotopic (exact) mass is 668 g/mol. The van der Waals surface area contributed by atoms with Gasteiger partial charge in [-0.3, -0.25) is 0 Å². The summed E-state index contributed by atoms with van der Waals surface area (Å²) >= 11 is 1.88. The highest BCUT2D eigenvalue weighted by Gasteiger charge is 2.18. The van der Waals surface area contributed by atoms with Crippen LogP contribution in [-0.4, -0.2) is 9.13 Å². The Morgan fingerprint density at radius 2 is 1.08 bits per heavy atom. The molecule has 0 amide bonds. The van der Waals surface area contributed by atoms with E-state index in [0.717, 1.165) is 12.8 Å². The van der Waals surface area contributed by atoms with Crippen molar-refractivity contribution in [2.45, 2.75) is 12.8 Å². The minimum absolute atomic E-state index is 1.06. The third-order valence-corrected chi connectivity index (χ3v) is 11.9. The van der Waals surface area contributed by atoms with Gasteiger partial charge in [0, 0.05) is 58.1 Å². The van der Waals surface area contributed by atoms with Gasteiger partial charge in [-0.2, -0.15) is 0 Å². The zero-order valence-corrected chi connectivity index (χ0v) is 28.7. The molecule has 0 bridgehead atoms. The first-order valence-electron chi connectivity index (χ1n) is 17.8. The van der Waals surface area contributed by atoms with Crippen molar-refractivity contribution in [3.63, 3.8) is 0 Å². The van der Waals surface area contributed by atoms with Crippen LogP contribution in [0, 0.1) is 0 Å². The van der Waals surface area contributed by atoms with E-state index in [1.807, 2.05) is 11.3 Å². The van der Waals surface area contributed by atoms with Crippen molar-refractivity contribution in [1.29, 1.82) is 0 Å². The summed E-state index contributed by atoms with van der Waals surface area (Å²) in [4.78, 5) is 0. The third-order valence-electron chi connectivity index (χ3n) is 10.8. The maximum absolute atomic E-state index is 2.48. The summed E-state index contributed by atoms with van der Waals surface area (Å²) < 4.78 is 7.59. The van der Waals surface area contributed by atoms with Crippen LogP contribution in [0.5, 0.6) is 0 Å². The van der Waals surface area contributed by atoms with E-state index >= 15 is 0 Å². The largest absolute Gasteiger partial charge is 0.310 e. The van der Waals surface area contributed by atoms with E-state index in [2.05, 4.69) is 179 Å². The van der Waals surface area contributed by atoms with Gasteiger partial charge in [-0.05, 0) is 84.1 Å². The Labute approximate surface area is 299 Å². The molecule has 0 N–H and O–H groups in total. The second-order valence-corrected chi connectivity index (χ2v) is 14.7. The fourth-order valence-corrected chi connectivity index (χ4v) is 9.59. The highest BCUT2D eigenvalue weighted by atomic mass is 32.1. The predicted molar refractivity (Wildman–Crippen MR) is 219 cm³/mol. The lowest BCUT2D eigenvalue weighted by atomic mass is 10.0. The highest BCUT2D eigenvalue weighted by molar-refractivity contribution is 7.25. The van der Waals surface area contributed by atoms with Crippen molar-refractivity contribution >= 4 is 76.4 Å². The van der Waals surface area contributed by atoms with E-state index in [-0.39, 0.29) is 0 Å². The summed E-state index contributed by atoms with van der Waals surface area (Å²) in [5.74, 6) is 0. The molecule has 0 saturated carbocycles. The Kier molecular flexibility index (Phi) is 6.28. The van der Waals surface area contributed by atoms with E-state index < -0.39 is 0 Å². The molecule has 0 atom stereocenters. The molecule has 11 rings (SSSR count). The maximum atomic E-state index is 2.48. The van der Waals surface area contributed by atoms with E-state index in [0.29, 0.717) is 0 Å². The van der Waals surface area contributed by atoms with Gasteiger partial charge in [-0.1, -0.05) is 115 Å². The molecule has 3 heterocycles. The standard InChI is InChI=1S/C48H32N2S/c1-2-12-31(13-3-1)35-14-4-8-18-42(35)50-44-20-10-6-16-37(44)41-29-33(23-27-46(41)50)32-22-26-45-40(28-32)36-15-5-9-19-43(36)49(45)34-24-25-39-38-17-7-11-21-47(38)51-48(39)30-34/h1-4,6-8,10-30H,5,9H2. The van der Waals surface area contributed by atoms with Crippen molar-refractivity contribution < 1.29 is 0 Å². The molecular formula is C48H32N2S. The van der Waals surface area contributed by atoms with Crippen molar-refractivity contribution in [2.24, 2.45) is 0 Å². The number of hydrogen-bond acceptors (Lipinski definition) is 1. The number of nitrogens with zero attached hydrogens (tertiary/aromatic N) is 2. The van der Waals surface area contributed by atoms with Crippen LogP contribution in [0.1, 0.15) is 12.8 Å². The van der Waals surface area contributed by atoms with E-state index in [1.165, 1.54) is 97.1 Å². The number of rotatable bonds is 4. The number of benzene rings is 7. The molecule has 0 radical (unpaired) electrons. The van der Waals surface area contributed by atoms with Crippen molar-refractivity contribution in [1.82, 2.24) is 9.13 Å². The molecule has 0 aliphatic heterocycles. The smallest absolute Gasteiger partial charge is 0.0541 e. The average Bonchev–Trinajstić information content (AvgIpc) is 3.85. The molecule has 0 spiro atoms. The molecular weight excluding hydrogens is 637 g/mol. The lowest BCUT2D eigenvalue weighted by Crippen LogP contribution is -2.30. The zero-order valence-electron chi connectivity index (χ0n) is 27.9. The molecule has 0 saturated heterocycles. The molecule has 51 heavy (non-hydrogen) atoms. The number of aromatic nitrogens is 2. The van der Waals surface area contributed by atoms with Crippen LogP contribution in [0.2, 0.25) is 0 Å². The molecule has 10 aromatic rings. The van der Waals surface area contributed by atoms with Crippen LogP contribution >= 0.6 is 11.3 Å². The van der Waals surface area contributed by atoms with Gasteiger partial charge in [-0.15, -0.1) is 11.3 Å². The first-order chi connectivity index (χ1) is 25.3. The third kappa shape index (κ3) is 4.35. The molecule has 3 aromatic heterocycles. The zero-order chi connectivity index (χ0) is 33.5. The number of hydrogen-bond donors (Lipinski definition) is 0. The molecule has 2 nitrogen and oxygen atoms in total. The van der Waals surface area contributed by atoms with Gasteiger partial charge >= 0.3 is 0 Å². The number of thiophene rings is 1. The van der Waals surface area contributed by atoms with Crippen molar-refractivity contribution in [3.05, 3.63) is 168 Å². The predicted octanol–water partition coefficient (Wildman–Crippen LogP) is 11.8. The van der Waals surface area contributed by atoms with Gasteiger partial charge in [-0.25, -0.2) is 0 Å². The van der Waals surface area contributed by atoms with Crippen LogP contribution in [0.15, 0.2) is 158 Å². The van der Waals surface area contributed by atoms with Gasteiger partial charge in [0.15, 0.2) is 0 Å². The number of fused-ring (bicyclic) bond motifs is 9. The van der Waals surface area contributed by atoms with E-state index in [9.17, 15) is 0 Å². The minimum atomic E-state index is 1.06. The number of para-hydroxylation sites is 2. The average molecular weight is 669 g/mol. The summed E-state index contributed by atoms with van der Waals surface area (Å²) in [7, 11) is 0. The SMILES string of the molecule is C1=c2c(n(-c3ccc4c(c3)sc3ccccc34)c3ccc(-c4ccc5c(c4)c4ccccc4n5-c4ccccc4-c4ccccc4)cc23)=CCC1. The summed E-state index contributed by atoms with van der Waals surface area (Å²) in [5, 5.41) is 9.18. The quantitative estimate of drug-likeness (QED) is 0.177. The lowest BCUT2D eigenvalue weighted by molar-refractivity contribution is 1.03. The first-order valence-corrected chi connectivity index (χ1v) is 18.6. The van der Waals surface area contributed by atoms with Crippen LogP contribution in [0.25, 0.3) is 98.7 Å². The van der Waals surface area contributed by atoms with Crippen molar-refractivity contribution in [2.75, 3.05) is 0 Å². The fraction of sp³-hybridized carbons (Fsp3) is 0.0417. The highest BCUT2D eigenvalue weighted by Crippen LogP contribution is 2.39. The van der Waals surface area contributed by atoms with Gasteiger partial charge in [0.2, 0.25) is 0 Å². The second-order valence-electron chi connectivity index (χ2n) is 13.6. The van der Waals surface area contributed by atoms with Gasteiger partial charge < -0.3 is 9.13 Å². The van der Waals surface area contributed by atoms with Crippen LogP contribution in [0.3, 0.4) is 0 Å². The minimum Gasteiger partial charge on any atom is -0.310 e. The van der Waals surface area contributed by atoms with E-state index in [4.69, 9.17) is 0 Å². The second kappa shape index (κ2) is 11.2.